The van der Waals surface area contributed by atoms with Crippen LogP contribution in [0.3, 0.4) is 0 Å². The summed E-state index contributed by atoms with van der Waals surface area (Å²) in [5.41, 5.74) is 7.03. The van der Waals surface area contributed by atoms with Crippen molar-refractivity contribution in [3.05, 3.63) is 72.1 Å². The van der Waals surface area contributed by atoms with Crippen molar-refractivity contribution in [3.63, 3.8) is 0 Å². The number of fused-ring (bicyclic) bond motifs is 2. The van der Waals surface area contributed by atoms with Gasteiger partial charge in [0, 0.05) is 47.6 Å². The molecule has 0 spiro atoms. The zero-order chi connectivity index (χ0) is 25.2. The monoisotopic (exact) mass is 483 g/mol. The number of unbranched alkanes of at least 4 members (excludes halogenated alkanes) is 4. The topological polar surface area (TPSA) is 53.1 Å². The van der Waals surface area contributed by atoms with E-state index in [-0.39, 0.29) is 0 Å². The first-order valence-electron chi connectivity index (χ1n) is 13.5. The highest BCUT2D eigenvalue weighted by atomic mass is 15.1. The lowest BCUT2D eigenvalue weighted by Gasteiger charge is -2.16. The van der Waals surface area contributed by atoms with Crippen LogP contribution in [0.1, 0.15) is 49.7 Å². The Balaban J connectivity index is 1.04. The van der Waals surface area contributed by atoms with Gasteiger partial charge in [0.15, 0.2) is 0 Å². The molecular formula is C31H41N5. The van der Waals surface area contributed by atoms with E-state index in [4.69, 9.17) is 0 Å². The van der Waals surface area contributed by atoms with E-state index in [2.05, 4.69) is 94.9 Å². The van der Waals surface area contributed by atoms with E-state index in [0.29, 0.717) is 0 Å². The van der Waals surface area contributed by atoms with Crippen molar-refractivity contribution in [2.24, 2.45) is 0 Å². The van der Waals surface area contributed by atoms with Gasteiger partial charge in [-0.15, -0.1) is 0 Å². The highest BCUT2D eigenvalue weighted by molar-refractivity contribution is 5.92. The van der Waals surface area contributed by atoms with Gasteiger partial charge in [-0.05, 0) is 95.1 Å². The molecule has 2 aromatic heterocycles. The third-order valence-electron chi connectivity index (χ3n) is 6.86. The van der Waals surface area contributed by atoms with Crippen molar-refractivity contribution in [1.29, 1.82) is 0 Å². The minimum absolute atomic E-state index is 1.01. The van der Waals surface area contributed by atoms with E-state index in [1.54, 1.807) is 0 Å². The van der Waals surface area contributed by atoms with Crippen LogP contribution in [0.15, 0.2) is 60.9 Å². The molecule has 0 amide bonds. The van der Waals surface area contributed by atoms with Crippen LogP contribution in [-0.4, -0.2) is 48.1 Å². The lowest BCUT2D eigenvalue weighted by molar-refractivity contribution is 0.317. The Morgan fingerprint density at radius 1 is 0.611 bits per heavy atom. The summed E-state index contributed by atoms with van der Waals surface area (Å²) in [7, 11) is 2.26. The van der Waals surface area contributed by atoms with Crippen LogP contribution >= 0.6 is 0 Å². The molecule has 0 unspecified atom stereocenters. The molecule has 4 aromatic rings. The summed E-state index contributed by atoms with van der Waals surface area (Å²) >= 11 is 0. The molecule has 0 saturated carbocycles. The fraction of sp³-hybridized carbons (Fsp3) is 0.419. The Bertz CT molecular complexity index is 1160. The fourth-order valence-electron chi connectivity index (χ4n) is 4.75. The molecule has 0 atom stereocenters. The SMILES string of the molecule is Cc1ccc2c(NCCCCCN(C)CCCCCNc3ccnc4cc(C)ccc34)ccnc2c1. The molecule has 0 aliphatic heterocycles. The zero-order valence-electron chi connectivity index (χ0n) is 22.2. The van der Waals surface area contributed by atoms with E-state index in [1.807, 2.05) is 12.4 Å². The smallest absolute Gasteiger partial charge is 0.0725 e. The second-order valence-corrected chi connectivity index (χ2v) is 10.0. The first-order chi connectivity index (χ1) is 17.6. The van der Waals surface area contributed by atoms with Crippen molar-refractivity contribution in [1.82, 2.24) is 14.9 Å². The van der Waals surface area contributed by atoms with Crippen LogP contribution in [0.25, 0.3) is 21.8 Å². The van der Waals surface area contributed by atoms with E-state index in [1.165, 1.54) is 84.9 Å². The molecule has 0 bridgehead atoms. The highest BCUT2D eigenvalue weighted by Crippen LogP contribution is 2.23. The molecule has 5 nitrogen and oxygen atoms in total. The summed E-state index contributed by atoms with van der Waals surface area (Å²) in [5.74, 6) is 0. The Hall–Kier alpha value is -3.18. The number of aryl methyl sites for hydroxylation is 2. The van der Waals surface area contributed by atoms with Gasteiger partial charge in [-0.2, -0.15) is 0 Å². The minimum Gasteiger partial charge on any atom is -0.384 e. The summed E-state index contributed by atoms with van der Waals surface area (Å²) in [6.07, 6.45) is 11.2. The maximum Gasteiger partial charge on any atom is 0.0725 e. The van der Waals surface area contributed by atoms with Crippen molar-refractivity contribution >= 4 is 33.2 Å². The number of pyridine rings is 2. The normalized spacial score (nSPS) is 11.4. The van der Waals surface area contributed by atoms with Crippen LogP contribution in [0.4, 0.5) is 11.4 Å². The van der Waals surface area contributed by atoms with Crippen LogP contribution in [-0.2, 0) is 0 Å². The Morgan fingerprint density at radius 2 is 1.08 bits per heavy atom. The highest BCUT2D eigenvalue weighted by Gasteiger charge is 2.04. The van der Waals surface area contributed by atoms with Crippen LogP contribution in [0.5, 0.6) is 0 Å². The minimum atomic E-state index is 1.01. The second kappa shape index (κ2) is 13.2. The largest absolute Gasteiger partial charge is 0.384 e. The zero-order valence-corrected chi connectivity index (χ0v) is 22.2. The Kier molecular flexibility index (Phi) is 9.51. The molecule has 2 aromatic carbocycles. The first-order valence-corrected chi connectivity index (χ1v) is 13.5. The van der Waals surface area contributed by atoms with Gasteiger partial charge >= 0.3 is 0 Å². The summed E-state index contributed by atoms with van der Waals surface area (Å²) in [6, 6.07) is 17.1. The third-order valence-corrected chi connectivity index (χ3v) is 6.86. The molecule has 0 radical (unpaired) electrons. The second-order valence-electron chi connectivity index (χ2n) is 10.0. The van der Waals surface area contributed by atoms with Crippen molar-refractivity contribution in [3.8, 4) is 0 Å². The average molecular weight is 484 g/mol. The molecule has 4 rings (SSSR count). The number of nitrogens with one attached hydrogen (secondary N) is 2. The van der Waals surface area contributed by atoms with Gasteiger partial charge in [-0.25, -0.2) is 0 Å². The number of anilines is 2. The summed E-state index contributed by atoms with van der Waals surface area (Å²) in [5, 5.41) is 9.64. The predicted molar refractivity (Wildman–Crippen MR) is 155 cm³/mol. The number of hydrogen-bond donors (Lipinski definition) is 2. The van der Waals surface area contributed by atoms with Crippen molar-refractivity contribution in [2.75, 3.05) is 43.9 Å². The molecule has 5 heteroatoms. The maximum atomic E-state index is 4.50. The lowest BCUT2D eigenvalue weighted by Crippen LogP contribution is -2.21. The molecule has 190 valence electrons. The number of benzene rings is 2. The summed E-state index contributed by atoms with van der Waals surface area (Å²) < 4.78 is 0. The molecule has 2 N–H and O–H groups in total. The van der Waals surface area contributed by atoms with Crippen molar-refractivity contribution in [2.45, 2.75) is 52.4 Å². The maximum absolute atomic E-state index is 4.50. The van der Waals surface area contributed by atoms with Gasteiger partial charge < -0.3 is 15.5 Å². The van der Waals surface area contributed by atoms with E-state index in [9.17, 15) is 0 Å². The quantitative estimate of drug-likeness (QED) is 0.186. The van der Waals surface area contributed by atoms with Gasteiger partial charge in [-0.1, -0.05) is 37.1 Å². The molecule has 0 aliphatic carbocycles. The van der Waals surface area contributed by atoms with Gasteiger partial charge in [0.1, 0.15) is 0 Å². The molecule has 0 fully saturated rings. The first kappa shape index (κ1) is 25.9. The lowest BCUT2D eigenvalue weighted by atomic mass is 10.1. The fourth-order valence-corrected chi connectivity index (χ4v) is 4.75. The van der Waals surface area contributed by atoms with Crippen LogP contribution < -0.4 is 10.6 Å². The molecule has 0 saturated heterocycles. The van der Waals surface area contributed by atoms with Gasteiger partial charge in [0.05, 0.1) is 11.0 Å². The number of aromatic nitrogens is 2. The van der Waals surface area contributed by atoms with Gasteiger partial charge in [0.2, 0.25) is 0 Å². The van der Waals surface area contributed by atoms with Crippen LogP contribution in [0, 0.1) is 13.8 Å². The molecular weight excluding hydrogens is 442 g/mol. The summed E-state index contributed by atoms with van der Waals surface area (Å²) in [6.45, 7) is 8.60. The Morgan fingerprint density at radius 3 is 1.56 bits per heavy atom. The summed E-state index contributed by atoms with van der Waals surface area (Å²) in [4.78, 5) is 11.5. The van der Waals surface area contributed by atoms with E-state index in [0.717, 1.165) is 24.1 Å². The number of nitrogens with zero attached hydrogens (tertiary/aromatic N) is 3. The number of rotatable bonds is 14. The molecule has 0 aliphatic rings. The molecule has 2 heterocycles. The van der Waals surface area contributed by atoms with E-state index >= 15 is 0 Å². The van der Waals surface area contributed by atoms with E-state index < -0.39 is 0 Å². The number of hydrogen-bond acceptors (Lipinski definition) is 5. The third kappa shape index (κ3) is 7.41. The van der Waals surface area contributed by atoms with Gasteiger partial charge in [0.25, 0.3) is 0 Å². The van der Waals surface area contributed by atoms with Crippen LogP contribution in [0.2, 0.25) is 0 Å². The predicted octanol–water partition coefficient (Wildman–Crippen LogP) is 7.20. The molecule has 36 heavy (non-hydrogen) atoms. The van der Waals surface area contributed by atoms with Gasteiger partial charge in [-0.3, -0.25) is 9.97 Å². The average Bonchev–Trinajstić information content (AvgIpc) is 2.87. The Labute approximate surface area is 216 Å². The standard InChI is InChI=1S/C31H41N5/c1-24-10-12-26-28(14-18-34-30(26)22-24)32-16-6-4-8-20-36(3)21-9-5-7-17-33-29-15-19-35-31-23-25(2)11-13-27(29)31/h10-15,18-19,22-23H,4-9,16-17,20-21H2,1-3H3,(H,32,34)(H,33,35). The van der Waals surface area contributed by atoms with Crippen molar-refractivity contribution < 1.29 is 0 Å².